The summed E-state index contributed by atoms with van der Waals surface area (Å²) >= 11 is 0. The zero-order valence-electron chi connectivity index (χ0n) is 13.4. The van der Waals surface area contributed by atoms with Gasteiger partial charge in [-0.15, -0.1) is 24.0 Å². The van der Waals surface area contributed by atoms with Gasteiger partial charge in [-0.05, 0) is 45.2 Å². The molecule has 0 aliphatic carbocycles. The number of halogens is 1. The Morgan fingerprint density at radius 1 is 1.33 bits per heavy atom. The normalized spacial score (nSPS) is 25.0. The SMILES string of the molecule is CCNC(=NCC(C)CO)N1CCC(N2CCCC2)C1.I. The molecule has 0 saturated carbocycles. The highest BCUT2D eigenvalue weighted by molar-refractivity contribution is 14.0. The maximum atomic E-state index is 9.12. The first-order chi connectivity index (χ1) is 9.74. The number of hydrogen-bond acceptors (Lipinski definition) is 3. The topological polar surface area (TPSA) is 51.1 Å². The Labute approximate surface area is 146 Å². The predicted molar refractivity (Wildman–Crippen MR) is 98.4 cm³/mol. The maximum Gasteiger partial charge on any atom is 0.193 e. The highest BCUT2D eigenvalue weighted by Crippen LogP contribution is 2.20. The lowest BCUT2D eigenvalue weighted by Crippen LogP contribution is -2.43. The van der Waals surface area contributed by atoms with Crippen LogP contribution in [0.2, 0.25) is 0 Å². The number of aliphatic hydroxyl groups is 1. The lowest BCUT2D eigenvalue weighted by atomic mass is 10.2. The number of nitrogens with zero attached hydrogens (tertiary/aromatic N) is 3. The van der Waals surface area contributed by atoms with E-state index >= 15 is 0 Å². The Balaban J connectivity index is 0.00000220. The first-order valence-corrected chi connectivity index (χ1v) is 8.12. The van der Waals surface area contributed by atoms with E-state index < -0.39 is 0 Å². The summed E-state index contributed by atoms with van der Waals surface area (Å²) in [6.07, 6.45) is 3.97. The highest BCUT2D eigenvalue weighted by atomic mass is 127. The molecule has 5 nitrogen and oxygen atoms in total. The van der Waals surface area contributed by atoms with Crippen molar-refractivity contribution in [2.75, 3.05) is 45.9 Å². The van der Waals surface area contributed by atoms with Crippen molar-refractivity contribution in [2.24, 2.45) is 10.9 Å². The van der Waals surface area contributed by atoms with Crippen LogP contribution in [0.5, 0.6) is 0 Å². The fourth-order valence-electron chi connectivity index (χ4n) is 3.06. The van der Waals surface area contributed by atoms with Crippen LogP contribution in [0.4, 0.5) is 0 Å². The molecule has 0 aromatic rings. The summed E-state index contributed by atoms with van der Waals surface area (Å²) in [5, 5.41) is 12.5. The minimum absolute atomic E-state index is 0. The van der Waals surface area contributed by atoms with Gasteiger partial charge in [-0.25, -0.2) is 0 Å². The standard InChI is InChI=1S/C15H30N4O.HI/c1-3-16-15(17-10-13(2)12-20)19-9-6-14(11-19)18-7-4-5-8-18;/h13-14,20H,3-12H2,1-2H3,(H,16,17);1H. The molecule has 2 fully saturated rings. The summed E-state index contributed by atoms with van der Waals surface area (Å²) in [5.41, 5.74) is 0. The van der Waals surface area contributed by atoms with E-state index in [4.69, 9.17) is 5.11 Å². The first kappa shape index (κ1) is 19.0. The second-order valence-corrected chi connectivity index (χ2v) is 6.11. The van der Waals surface area contributed by atoms with Crippen LogP contribution in [0.15, 0.2) is 4.99 Å². The molecule has 2 N–H and O–H groups in total. The molecule has 0 aromatic heterocycles. The molecule has 2 aliphatic heterocycles. The average molecular weight is 410 g/mol. The fraction of sp³-hybridized carbons (Fsp3) is 0.933. The molecular weight excluding hydrogens is 379 g/mol. The van der Waals surface area contributed by atoms with Gasteiger partial charge < -0.3 is 15.3 Å². The minimum Gasteiger partial charge on any atom is -0.396 e. The molecule has 21 heavy (non-hydrogen) atoms. The van der Waals surface area contributed by atoms with Crippen molar-refractivity contribution < 1.29 is 5.11 Å². The van der Waals surface area contributed by atoms with Crippen molar-refractivity contribution in [2.45, 2.75) is 39.2 Å². The smallest absolute Gasteiger partial charge is 0.193 e. The van der Waals surface area contributed by atoms with Crippen molar-refractivity contribution in [1.82, 2.24) is 15.1 Å². The van der Waals surface area contributed by atoms with Crippen LogP contribution in [0, 0.1) is 5.92 Å². The van der Waals surface area contributed by atoms with Crippen LogP contribution in [0.1, 0.15) is 33.1 Å². The Morgan fingerprint density at radius 2 is 2.05 bits per heavy atom. The lowest BCUT2D eigenvalue weighted by molar-refractivity contribution is 0.240. The molecule has 2 heterocycles. The largest absolute Gasteiger partial charge is 0.396 e. The van der Waals surface area contributed by atoms with Crippen LogP contribution in [-0.2, 0) is 0 Å². The van der Waals surface area contributed by atoms with E-state index in [0.29, 0.717) is 12.6 Å². The number of hydrogen-bond donors (Lipinski definition) is 2. The molecular formula is C15H31IN4O. The van der Waals surface area contributed by atoms with Crippen LogP contribution in [0.3, 0.4) is 0 Å². The molecule has 124 valence electrons. The van der Waals surface area contributed by atoms with E-state index in [2.05, 4.69) is 27.0 Å². The van der Waals surface area contributed by atoms with Gasteiger partial charge in [0.2, 0.25) is 0 Å². The van der Waals surface area contributed by atoms with Crippen molar-refractivity contribution in [1.29, 1.82) is 0 Å². The molecule has 6 heteroatoms. The van der Waals surface area contributed by atoms with Crippen molar-refractivity contribution in [3.05, 3.63) is 0 Å². The van der Waals surface area contributed by atoms with Gasteiger partial charge in [0.15, 0.2) is 5.96 Å². The minimum atomic E-state index is 0. The summed E-state index contributed by atoms with van der Waals surface area (Å²) in [6, 6.07) is 0.705. The highest BCUT2D eigenvalue weighted by Gasteiger charge is 2.30. The maximum absolute atomic E-state index is 9.12. The molecule has 0 radical (unpaired) electrons. The van der Waals surface area contributed by atoms with Crippen LogP contribution in [-0.4, -0.2) is 72.8 Å². The van der Waals surface area contributed by atoms with Gasteiger partial charge in [0, 0.05) is 38.8 Å². The Kier molecular flexibility index (Phi) is 8.89. The van der Waals surface area contributed by atoms with Gasteiger partial charge >= 0.3 is 0 Å². The van der Waals surface area contributed by atoms with E-state index in [1.807, 2.05) is 6.92 Å². The van der Waals surface area contributed by atoms with Gasteiger partial charge in [0.1, 0.15) is 0 Å². The average Bonchev–Trinajstić information content (AvgIpc) is 3.12. The van der Waals surface area contributed by atoms with E-state index in [9.17, 15) is 0 Å². The number of aliphatic imine (C=N–C) groups is 1. The van der Waals surface area contributed by atoms with Crippen molar-refractivity contribution >= 4 is 29.9 Å². The molecule has 0 aromatic carbocycles. The number of rotatable bonds is 5. The van der Waals surface area contributed by atoms with E-state index in [1.165, 1.54) is 32.4 Å². The second-order valence-electron chi connectivity index (χ2n) is 6.11. The Bertz CT molecular complexity index is 321. The predicted octanol–water partition coefficient (Wildman–Crippen LogP) is 1.37. The van der Waals surface area contributed by atoms with Gasteiger partial charge in [-0.2, -0.15) is 0 Å². The zero-order valence-corrected chi connectivity index (χ0v) is 15.8. The van der Waals surface area contributed by atoms with Crippen molar-refractivity contribution in [3.63, 3.8) is 0 Å². The Morgan fingerprint density at radius 3 is 2.67 bits per heavy atom. The summed E-state index contributed by atoms with van der Waals surface area (Å²) < 4.78 is 0. The molecule has 0 bridgehead atoms. The van der Waals surface area contributed by atoms with Gasteiger partial charge in [0.05, 0.1) is 0 Å². The van der Waals surface area contributed by atoms with E-state index in [-0.39, 0.29) is 36.5 Å². The summed E-state index contributed by atoms with van der Waals surface area (Å²) in [4.78, 5) is 9.70. The van der Waals surface area contributed by atoms with Gasteiger partial charge in [0.25, 0.3) is 0 Å². The van der Waals surface area contributed by atoms with Crippen LogP contribution >= 0.6 is 24.0 Å². The van der Waals surface area contributed by atoms with Gasteiger partial charge in [-0.1, -0.05) is 6.92 Å². The summed E-state index contributed by atoms with van der Waals surface area (Å²) in [7, 11) is 0. The number of nitrogens with one attached hydrogen (secondary N) is 1. The first-order valence-electron chi connectivity index (χ1n) is 8.12. The third-order valence-corrected chi connectivity index (χ3v) is 4.32. The van der Waals surface area contributed by atoms with E-state index in [1.54, 1.807) is 0 Å². The number of likely N-dealkylation sites (tertiary alicyclic amines) is 2. The number of aliphatic hydroxyl groups excluding tert-OH is 1. The third kappa shape index (κ3) is 5.56. The fourth-order valence-corrected chi connectivity index (χ4v) is 3.06. The molecule has 2 saturated heterocycles. The molecule has 2 aliphatic rings. The third-order valence-electron chi connectivity index (χ3n) is 4.32. The molecule has 2 unspecified atom stereocenters. The lowest BCUT2D eigenvalue weighted by Gasteiger charge is -2.25. The Hall–Kier alpha value is -0.0800. The zero-order chi connectivity index (χ0) is 14.4. The van der Waals surface area contributed by atoms with Crippen LogP contribution < -0.4 is 5.32 Å². The molecule has 2 atom stereocenters. The quantitative estimate of drug-likeness (QED) is 0.409. The summed E-state index contributed by atoms with van der Waals surface area (Å²) in [5.74, 6) is 1.26. The second kappa shape index (κ2) is 9.84. The molecule has 0 spiro atoms. The van der Waals surface area contributed by atoms with Gasteiger partial charge in [-0.3, -0.25) is 9.89 Å². The number of guanidine groups is 1. The molecule has 2 rings (SSSR count). The van der Waals surface area contributed by atoms with Crippen molar-refractivity contribution in [3.8, 4) is 0 Å². The summed E-state index contributed by atoms with van der Waals surface area (Å²) in [6.45, 7) is 10.7. The van der Waals surface area contributed by atoms with Crippen LogP contribution in [0.25, 0.3) is 0 Å². The monoisotopic (exact) mass is 410 g/mol. The van der Waals surface area contributed by atoms with E-state index in [0.717, 1.165) is 25.6 Å². The molecule has 0 amide bonds.